The zero-order valence-electron chi connectivity index (χ0n) is 12.1. The van der Waals surface area contributed by atoms with E-state index in [1.165, 1.54) is 0 Å². The van der Waals surface area contributed by atoms with Gasteiger partial charge in [-0.15, -0.1) is 12.4 Å². The molecule has 2 aliphatic heterocycles. The van der Waals surface area contributed by atoms with E-state index in [0.29, 0.717) is 16.8 Å². The number of rotatable bonds is 2. The van der Waals surface area contributed by atoms with Crippen LogP contribution in [-0.2, 0) is 0 Å². The summed E-state index contributed by atoms with van der Waals surface area (Å²) >= 11 is 8.26. The second-order valence-corrected chi connectivity index (χ2v) is 6.56. The lowest BCUT2D eigenvalue weighted by atomic mass is 10.3. The van der Waals surface area contributed by atoms with Crippen LogP contribution >= 0.6 is 35.8 Å². The van der Waals surface area contributed by atoms with Crippen molar-refractivity contribution in [3.63, 3.8) is 0 Å². The van der Waals surface area contributed by atoms with E-state index in [0.717, 1.165) is 50.8 Å². The fourth-order valence-corrected chi connectivity index (χ4v) is 3.64. The minimum Gasteiger partial charge on any atom is -0.354 e. The predicted molar refractivity (Wildman–Crippen MR) is 93.6 cm³/mol. The highest BCUT2D eigenvalue weighted by molar-refractivity contribution is 7.99. The Morgan fingerprint density at radius 3 is 2.41 bits per heavy atom. The number of hydrogen-bond donors (Lipinski definition) is 1. The average molecular weight is 361 g/mol. The Balaban J connectivity index is 0.00000176. The first-order valence-electron chi connectivity index (χ1n) is 7.05. The molecule has 2 aliphatic rings. The van der Waals surface area contributed by atoms with Gasteiger partial charge in [-0.3, -0.25) is 0 Å². The number of aromatic nitrogens is 2. The van der Waals surface area contributed by atoms with E-state index in [1.807, 2.05) is 11.8 Å². The van der Waals surface area contributed by atoms with Crippen molar-refractivity contribution in [1.82, 2.24) is 15.3 Å². The SMILES string of the molecule is Cl.N#Cc1nc(N2CCNCC2)nc(N2CCSCC2)c1Cl. The van der Waals surface area contributed by atoms with Crippen molar-refractivity contribution in [2.45, 2.75) is 0 Å². The molecule has 1 aromatic heterocycles. The van der Waals surface area contributed by atoms with Crippen molar-refractivity contribution in [2.24, 2.45) is 0 Å². The van der Waals surface area contributed by atoms with Gasteiger partial charge in [-0.05, 0) is 0 Å². The van der Waals surface area contributed by atoms with Crippen LogP contribution in [0.15, 0.2) is 0 Å². The summed E-state index contributed by atoms with van der Waals surface area (Å²) in [5.74, 6) is 3.44. The van der Waals surface area contributed by atoms with E-state index < -0.39 is 0 Å². The topological polar surface area (TPSA) is 68.1 Å². The lowest BCUT2D eigenvalue weighted by Gasteiger charge is -2.31. The molecule has 1 N–H and O–H groups in total. The number of halogens is 2. The fourth-order valence-electron chi connectivity index (χ4n) is 2.49. The highest BCUT2D eigenvalue weighted by atomic mass is 35.5. The maximum absolute atomic E-state index is 9.29. The quantitative estimate of drug-likeness (QED) is 0.854. The van der Waals surface area contributed by atoms with Crippen LogP contribution in [0.1, 0.15) is 5.69 Å². The Morgan fingerprint density at radius 1 is 1.09 bits per heavy atom. The molecule has 3 heterocycles. The van der Waals surface area contributed by atoms with Gasteiger partial charge < -0.3 is 15.1 Å². The molecular formula is C13H18Cl2N6S. The molecule has 1 aromatic rings. The molecule has 0 aliphatic carbocycles. The molecule has 2 fully saturated rings. The van der Waals surface area contributed by atoms with Gasteiger partial charge in [-0.1, -0.05) is 11.6 Å². The van der Waals surface area contributed by atoms with E-state index in [4.69, 9.17) is 11.6 Å². The molecule has 3 rings (SSSR count). The molecule has 9 heteroatoms. The Morgan fingerprint density at radius 2 is 1.77 bits per heavy atom. The normalized spacial score (nSPS) is 18.5. The smallest absolute Gasteiger partial charge is 0.228 e. The molecular weight excluding hydrogens is 343 g/mol. The van der Waals surface area contributed by atoms with Crippen LogP contribution in [-0.4, -0.2) is 60.7 Å². The van der Waals surface area contributed by atoms with Gasteiger partial charge in [0.2, 0.25) is 5.95 Å². The van der Waals surface area contributed by atoms with Crippen molar-refractivity contribution in [3.8, 4) is 6.07 Å². The van der Waals surface area contributed by atoms with Crippen LogP contribution in [0, 0.1) is 11.3 Å². The van der Waals surface area contributed by atoms with Gasteiger partial charge in [0.15, 0.2) is 11.5 Å². The van der Waals surface area contributed by atoms with Gasteiger partial charge in [-0.2, -0.15) is 22.0 Å². The molecule has 0 unspecified atom stereocenters. The van der Waals surface area contributed by atoms with Gasteiger partial charge in [-0.25, -0.2) is 4.98 Å². The van der Waals surface area contributed by atoms with Gasteiger partial charge in [0, 0.05) is 50.8 Å². The van der Waals surface area contributed by atoms with Crippen molar-refractivity contribution in [2.75, 3.05) is 60.6 Å². The first-order chi connectivity index (χ1) is 10.3. The first-order valence-corrected chi connectivity index (χ1v) is 8.59. The van der Waals surface area contributed by atoms with E-state index in [-0.39, 0.29) is 18.1 Å². The van der Waals surface area contributed by atoms with Crippen molar-refractivity contribution >= 4 is 47.5 Å². The standard InChI is InChI=1S/C13H17ClN6S.ClH/c14-11-10(9-15)17-13(20-3-1-16-2-4-20)18-12(11)19-5-7-21-8-6-19;/h16H,1-8H2;1H. The van der Waals surface area contributed by atoms with Gasteiger partial charge in [0.05, 0.1) is 0 Å². The Kier molecular flexibility index (Phi) is 6.38. The first kappa shape index (κ1) is 17.4. The monoisotopic (exact) mass is 360 g/mol. The molecule has 22 heavy (non-hydrogen) atoms. The van der Waals surface area contributed by atoms with Crippen LogP contribution in [0.3, 0.4) is 0 Å². The Hall–Kier alpha value is -0.940. The van der Waals surface area contributed by atoms with Crippen molar-refractivity contribution in [1.29, 1.82) is 5.26 Å². The summed E-state index contributed by atoms with van der Waals surface area (Å²) in [5.41, 5.74) is 0.272. The molecule has 0 saturated carbocycles. The maximum atomic E-state index is 9.29. The lowest BCUT2D eigenvalue weighted by molar-refractivity contribution is 0.579. The van der Waals surface area contributed by atoms with Crippen LogP contribution < -0.4 is 15.1 Å². The van der Waals surface area contributed by atoms with Gasteiger partial charge >= 0.3 is 0 Å². The number of anilines is 2. The van der Waals surface area contributed by atoms with Crippen molar-refractivity contribution in [3.05, 3.63) is 10.7 Å². The number of nitrogens with one attached hydrogen (secondary N) is 1. The Bertz CT molecular complexity index is 552. The van der Waals surface area contributed by atoms with Gasteiger partial charge in [0.25, 0.3) is 0 Å². The second-order valence-electron chi connectivity index (χ2n) is 4.96. The number of nitrogens with zero attached hydrogens (tertiary/aromatic N) is 5. The zero-order chi connectivity index (χ0) is 14.7. The molecule has 0 radical (unpaired) electrons. The number of thioether (sulfide) groups is 1. The number of nitriles is 1. The molecule has 120 valence electrons. The summed E-state index contributed by atoms with van der Waals surface area (Å²) < 4.78 is 0. The third-order valence-electron chi connectivity index (χ3n) is 3.64. The molecule has 0 amide bonds. The van der Waals surface area contributed by atoms with E-state index in [2.05, 4.69) is 31.2 Å². The highest BCUT2D eigenvalue weighted by Gasteiger charge is 2.23. The molecule has 0 aromatic carbocycles. The molecule has 0 spiro atoms. The number of hydrogen-bond acceptors (Lipinski definition) is 7. The summed E-state index contributed by atoms with van der Waals surface area (Å²) in [4.78, 5) is 13.2. The number of piperazine rings is 1. The largest absolute Gasteiger partial charge is 0.354 e. The third-order valence-corrected chi connectivity index (χ3v) is 4.93. The minimum absolute atomic E-state index is 0. The highest BCUT2D eigenvalue weighted by Crippen LogP contribution is 2.30. The lowest BCUT2D eigenvalue weighted by Crippen LogP contribution is -2.44. The van der Waals surface area contributed by atoms with Gasteiger partial charge in [0.1, 0.15) is 11.1 Å². The summed E-state index contributed by atoms with van der Waals surface area (Å²) in [7, 11) is 0. The summed E-state index contributed by atoms with van der Waals surface area (Å²) in [5, 5.41) is 13.0. The van der Waals surface area contributed by atoms with Crippen molar-refractivity contribution < 1.29 is 0 Å². The molecule has 0 bridgehead atoms. The summed E-state index contributed by atoms with van der Waals surface area (Å²) in [6.07, 6.45) is 0. The van der Waals surface area contributed by atoms with E-state index in [1.54, 1.807) is 0 Å². The van der Waals surface area contributed by atoms with Crippen LogP contribution in [0.2, 0.25) is 5.02 Å². The third kappa shape index (κ3) is 3.69. The zero-order valence-corrected chi connectivity index (χ0v) is 14.5. The predicted octanol–water partition coefficient (Wildman–Crippen LogP) is 1.39. The van der Waals surface area contributed by atoms with E-state index >= 15 is 0 Å². The molecule has 6 nitrogen and oxygen atoms in total. The minimum atomic E-state index is 0. The molecule has 2 saturated heterocycles. The summed E-state index contributed by atoms with van der Waals surface area (Å²) in [6.45, 7) is 5.33. The van der Waals surface area contributed by atoms with Crippen LogP contribution in [0.5, 0.6) is 0 Å². The van der Waals surface area contributed by atoms with Crippen LogP contribution in [0.25, 0.3) is 0 Å². The second kappa shape index (κ2) is 8.06. The van der Waals surface area contributed by atoms with Crippen LogP contribution in [0.4, 0.5) is 11.8 Å². The fraction of sp³-hybridized carbons (Fsp3) is 0.615. The Labute approximate surface area is 145 Å². The maximum Gasteiger partial charge on any atom is 0.228 e. The van der Waals surface area contributed by atoms with E-state index in [9.17, 15) is 5.26 Å². The molecule has 0 atom stereocenters. The average Bonchev–Trinajstić information content (AvgIpc) is 2.56. The summed E-state index contributed by atoms with van der Waals surface area (Å²) in [6, 6.07) is 2.10.